The van der Waals surface area contributed by atoms with Crippen molar-refractivity contribution in [1.29, 1.82) is 0 Å². The van der Waals surface area contributed by atoms with Crippen molar-refractivity contribution in [2.24, 2.45) is 5.73 Å². The molecule has 1 atom stereocenters. The number of aliphatic hydroxyl groups is 1. The quantitative estimate of drug-likeness (QED) is 0.544. The van der Waals surface area contributed by atoms with Crippen molar-refractivity contribution in [3.63, 3.8) is 0 Å². The minimum atomic E-state index is -0.879. The Morgan fingerprint density at radius 2 is 1.90 bits per heavy atom. The number of rotatable bonds is 5. The van der Waals surface area contributed by atoms with Crippen molar-refractivity contribution in [3.05, 3.63) is 48.0 Å². The molecule has 0 heterocycles. The van der Waals surface area contributed by atoms with Crippen LogP contribution in [0.25, 0.3) is 0 Å². The van der Waals surface area contributed by atoms with E-state index in [4.69, 9.17) is 15.9 Å². The number of carbonyl (C=O) groups is 2. The molecule has 0 saturated carbocycles. The molecule has 20 heavy (non-hydrogen) atoms. The predicted octanol–water partition coefficient (Wildman–Crippen LogP) is 0.810. The Labute approximate surface area is 117 Å². The Hall–Kier alpha value is -2.18. The van der Waals surface area contributed by atoms with Crippen molar-refractivity contribution >= 4 is 11.9 Å². The summed E-state index contributed by atoms with van der Waals surface area (Å²) in [5.41, 5.74) is 5.72. The van der Waals surface area contributed by atoms with Gasteiger partial charge in [0, 0.05) is 12.1 Å². The van der Waals surface area contributed by atoms with Crippen LogP contribution in [0.5, 0.6) is 0 Å². The second-order valence-electron chi connectivity index (χ2n) is 3.94. The molecule has 6 heteroatoms. The molecule has 0 saturated heterocycles. The number of nitrogens with two attached hydrogens (primary N) is 1. The molecule has 0 aromatic heterocycles. The third kappa shape index (κ3) is 8.02. The summed E-state index contributed by atoms with van der Waals surface area (Å²) < 4.78 is 4.59. The molecule has 0 radical (unpaired) electrons. The number of aliphatic hydroxyl groups excluding tert-OH is 1. The van der Waals surface area contributed by atoms with E-state index < -0.39 is 18.0 Å². The van der Waals surface area contributed by atoms with Gasteiger partial charge in [0.2, 0.25) is 0 Å². The highest BCUT2D eigenvalue weighted by atomic mass is 16.5. The number of carboxylic acid groups (broad SMARTS) is 1. The zero-order chi connectivity index (χ0) is 15.5. The average molecular weight is 281 g/mol. The molecule has 0 aliphatic heterocycles. The van der Waals surface area contributed by atoms with E-state index in [1.54, 1.807) is 30.3 Å². The van der Waals surface area contributed by atoms with E-state index in [-0.39, 0.29) is 13.2 Å². The van der Waals surface area contributed by atoms with Gasteiger partial charge in [-0.3, -0.25) is 0 Å². The summed E-state index contributed by atoms with van der Waals surface area (Å²) in [4.78, 5) is 20.9. The van der Waals surface area contributed by atoms with Gasteiger partial charge >= 0.3 is 11.9 Å². The van der Waals surface area contributed by atoms with Crippen molar-refractivity contribution in [2.45, 2.75) is 13.0 Å². The summed E-state index contributed by atoms with van der Waals surface area (Å²) >= 11 is 0. The smallest absolute Gasteiger partial charge is 0.335 e. The van der Waals surface area contributed by atoms with E-state index in [1.165, 1.54) is 6.92 Å². The van der Waals surface area contributed by atoms with Gasteiger partial charge in [-0.15, -0.1) is 0 Å². The SMILES string of the molecule is C=C(C)C(=O)OCC(O)CN.O=C(O)c1ccccc1. The normalized spacial score (nSPS) is 10.8. The van der Waals surface area contributed by atoms with Gasteiger partial charge in [0.05, 0.1) is 5.56 Å². The molecule has 1 rings (SSSR count). The molecule has 110 valence electrons. The van der Waals surface area contributed by atoms with Gasteiger partial charge in [0.25, 0.3) is 0 Å². The van der Waals surface area contributed by atoms with Crippen LogP contribution >= 0.6 is 0 Å². The molecule has 0 aliphatic rings. The molecule has 6 nitrogen and oxygen atoms in total. The Kier molecular flexibility index (Phi) is 8.65. The lowest BCUT2D eigenvalue weighted by Crippen LogP contribution is -2.26. The van der Waals surface area contributed by atoms with E-state index >= 15 is 0 Å². The molecule has 0 aliphatic carbocycles. The van der Waals surface area contributed by atoms with Crippen LogP contribution in [-0.4, -0.2) is 41.4 Å². The first-order valence-corrected chi connectivity index (χ1v) is 5.87. The van der Waals surface area contributed by atoms with E-state index in [0.717, 1.165) is 0 Å². The summed E-state index contributed by atoms with van der Waals surface area (Å²) in [5, 5.41) is 17.2. The van der Waals surface area contributed by atoms with Gasteiger partial charge in [-0.2, -0.15) is 0 Å². The third-order valence-electron chi connectivity index (χ3n) is 2.05. The number of carboxylic acids is 1. The summed E-state index contributed by atoms with van der Waals surface area (Å²) in [6, 6.07) is 8.30. The Morgan fingerprint density at radius 1 is 1.35 bits per heavy atom. The maximum atomic E-state index is 10.7. The van der Waals surface area contributed by atoms with Crippen molar-refractivity contribution in [1.82, 2.24) is 0 Å². The zero-order valence-corrected chi connectivity index (χ0v) is 11.3. The Bertz CT molecular complexity index is 444. The van der Waals surface area contributed by atoms with Crippen LogP contribution in [0.3, 0.4) is 0 Å². The highest BCUT2D eigenvalue weighted by Crippen LogP contribution is 1.96. The number of ether oxygens (including phenoxy) is 1. The molecule has 0 fully saturated rings. The van der Waals surface area contributed by atoms with Gasteiger partial charge in [-0.1, -0.05) is 24.8 Å². The summed E-state index contributed by atoms with van der Waals surface area (Å²) in [6.45, 7) is 4.93. The molecule has 1 aromatic rings. The van der Waals surface area contributed by atoms with Gasteiger partial charge < -0.3 is 20.7 Å². The first-order valence-electron chi connectivity index (χ1n) is 5.87. The highest BCUT2D eigenvalue weighted by molar-refractivity contribution is 5.87. The monoisotopic (exact) mass is 281 g/mol. The second kappa shape index (κ2) is 9.71. The molecule has 1 unspecified atom stereocenters. The molecular formula is C14H19NO5. The fraction of sp³-hybridized carbons (Fsp3) is 0.286. The minimum Gasteiger partial charge on any atom is -0.478 e. The van der Waals surface area contributed by atoms with Crippen LogP contribution in [-0.2, 0) is 9.53 Å². The molecular weight excluding hydrogens is 262 g/mol. The van der Waals surface area contributed by atoms with Crippen LogP contribution in [0, 0.1) is 0 Å². The summed E-state index contributed by atoms with van der Waals surface area (Å²) in [5.74, 6) is -1.38. The minimum absolute atomic E-state index is 0.0673. The van der Waals surface area contributed by atoms with Crippen LogP contribution in [0.2, 0.25) is 0 Å². The average Bonchev–Trinajstić information content (AvgIpc) is 2.45. The largest absolute Gasteiger partial charge is 0.478 e. The molecule has 0 amide bonds. The molecule has 0 spiro atoms. The number of esters is 1. The Morgan fingerprint density at radius 3 is 2.25 bits per heavy atom. The lowest BCUT2D eigenvalue weighted by Gasteiger charge is -2.07. The Balaban J connectivity index is 0.000000367. The first-order chi connectivity index (χ1) is 9.38. The van der Waals surface area contributed by atoms with Crippen molar-refractivity contribution in [3.8, 4) is 0 Å². The first kappa shape index (κ1) is 17.8. The number of benzene rings is 1. The van der Waals surface area contributed by atoms with Crippen LogP contribution in [0.15, 0.2) is 42.5 Å². The third-order valence-corrected chi connectivity index (χ3v) is 2.05. The summed E-state index contributed by atoms with van der Waals surface area (Å²) in [7, 11) is 0. The topological polar surface area (TPSA) is 110 Å². The molecule has 4 N–H and O–H groups in total. The van der Waals surface area contributed by atoms with E-state index in [1.807, 2.05) is 0 Å². The van der Waals surface area contributed by atoms with Crippen molar-refractivity contribution in [2.75, 3.05) is 13.2 Å². The van der Waals surface area contributed by atoms with Crippen molar-refractivity contribution < 1.29 is 24.5 Å². The predicted molar refractivity (Wildman–Crippen MR) is 74.2 cm³/mol. The number of aromatic carboxylic acids is 1. The van der Waals surface area contributed by atoms with Crippen LogP contribution < -0.4 is 5.73 Å². The van der Waals surface area contributed by atoms with Gasteiger partial charge in [0.1, 0.15) is 12.7 Å². The van der Waals surface area contributed by atoms with E-state index in [2.05, 4.69) is 11.3 Å². The molecule has 1 aromatic carbocycles. The highest BCUT2D eigenvalue weighted by Gasteiger charge is 2.06. The van der Waals surface area contributed by atoms with Gasteiger partial charge in [0.15, 0.2) is 0 Å². The lowest BCUT2D eigenvalue weighted by atomic mass is 10.2. The van der Waals surface area contributed by atoms with Gasteiger partial charge in [-0.05, 0) is 19.1 Å². The van der Waals surface area contributed by atoms with E-state index in [0.29, 0.717) is 11.1 Å². The fourth-order valence-electron chi connectivity index (χ4n) is 0.944. The molecule has 0 bridgehead atoms. The standard InChI is InChI=1S/C7H13NO3.C7H6O2/c1-5(2)7(10)11-4-6(9)3-8;8-7(9)6-4-2-1-3-5-6/h6,9H,1,3-4,8H2,2H3;1-5H,(H,8,9). The van der Waals surface area contributed by atoms with E-state index in [9.17, 15) is 9.59 Å². The van der Waals surface area contributed by atoms with Gasteiger partial charge in [-0.25, -0.2) is 9.59 Å². The number of hydrogen-bond donors (Lipinski definition) is 3. The van der Waals surface area contributed by atoms with Crippen LogP contribution in [0.1, 0.15) is 17.3 Å². The maximum Gasteiger partial charge on any atom is 0.335 e. The summed E-state index contributed by atoms with van der Waals surface area (Å²) in [6.07, 6.45) is -0.779. The zero-order valence-electron chi connectivity index (χ0n) is 11.3. The second-order valence-corrected chi connectivity index (χ2v) is 3.94. The lowest BCUT2D eigenvalue weighted by molar-refractivity contribution is -0.141. The fourth-order valence-corrected chi connectivity index (χ4v) is 0.944. The number of carbonyl (C=O) groups excluding carboxylic acids is 1. The number of hydrogen-bond acceptors (Lipinski definition) is 5. The maximum absolute atomic E-state index is 10.7. The van der Waals surface area contributed by atoms with Crippen LogP contribution in [0.4, 0.5) is 0 Å².